The van der Waals surface area contributed by atoms with E-state index in [9.17, 15) is 9.90 Å². The van der Waals surface area contributed by atoms with Gasteiger partial charge in [-0.05, 0) is 35.1 Å². The topological polar surface area (TPSA) is 111 Å². The highest BCUT2D eigenvalue weighted by molar-refractivity contribution is 6.29. The van der Waals surface area contributed by atoms with Crippen molar-refractivity contribution in [1.29, 1.82) is 5.41 Å². The Kier molecular flexibility index (Phi) is 5.92. The number of aliphatic carboxylic acids is 1. The maximum atomic E-state index is 11.5. The van der Waals surface area contributed by atoms with Crippen LogP contribution in [0.25, 0.3) is 16.7 Å². The summed E-state index contributed by atoms with van der Waals surface area (Å²) in [6.07, 6.45) is 5.65. The Morgan fingerprint density at radius 2 is 1.72 bits per heavy atom. The van der Waals surface area contributed by atoms with Crippen molar-refractivity contribution >= 4 is 35.2 Å². The molecule has 0 aliphatic heterocycles. The van der Waals surface area contributed by atoms with E-state index in [0.717, 1.165) is 22.3 Å². The Labute approximate surface area is 190 Å². The molecule has 162 valence electrons. The Morgan fingerprint density at radius 1 is 1.09 bits per heavy atom. The van der Waals surface area contributed by atoms with E-state index in [1.165, 1.54) is 12.4 Å². The number of carbonyl (C=O) groups is 1. The first-order valence-electron chi connectivity index (χ1n) is 10.1. The lowest BCUT2D eigenvalue weighted by molar-refractivity contribution is -0.140. The molecule has 32 heavy (non-hydrogen) atoms. The number of nitrogens with zero attached hydrogens (tertiary/aromatic N) is 2. The minimum absolute atomic E-state index is 0.271. The van der Waals surface area contributed by atoms with Crippen LogP contribution in [0.3, 0.4) is 0 Å². The Balaban J connectivity index is 1.58. The van der Waals surface area contributed by atoms with Gasteiger partial charge in [-0.15, -0.1) is 0 Å². The second-order valence-electron chi connectivity index (χ2n) is 7.58. The molecule has 2 aromatic carbocycles. The lowest BCUT2D eigenvalue weighted by Gasteiger charge is -2.15. The van der Waals surface area contributed by atoms with Crippen LogP contribution in [0.4, 0.5) is 5.82 Å². The fraction of sp³-hybridized carbons (Fsp3) is 0.167. The number of halogens is 1. The number of rotatable bonds is 8. The minimum atomic E-state index is -0.752. The van der Waals surface area contributed by atoms with Gasteiger partial charge in [-0.1, -0.05) is 60.1 Å². The third kappa shape index (κ3) is 4.20. The first-order valence-corrected chi connectivity index (χ1v) is 10.5. The van der Waals surface area contributed by atoms with E-state index in [4.69, 9.17) is 17.0 Å². The quantitative estimate of drug-likeness (QED) is 0.376. The summed E-state index contributed by atoms with van der Waals surface area (Å²) in [5.74, 6) is 0.308. The van der Waals surface area contributed by atoms with Crippen LogP contribution in [0, 0.1) is 5.41 Å². The molecule has 0 saturated heterocycles. The van der Waals surface area contributed by atoms with Gasteiger partial charge in [-0.2, -0.15) is 0 Å². The molecule has 0 bridgehead atoms. The van der Waals surface area contributed by atoms with Crippen molar-refractivity contribution < 1.29 is 9.90 Å². The van der Waals surface area contributed by atoms with Crippen molar-refractivity contribution in [2.24, 2.45) is 0 Å². The third-order valence-corrected chi connectivity index (χ3v) is 5.83. The lowest BCUT2D eigenvalue weighted by atomic mass is 9.93. The predicted octanol–water partition coefficient (Wildman–Crippen LogP) is 4.56. The van der Waals surface area contributed by atoms with Gasteiger partial charge in [-0.3, -0.25) is 9.78 Å². The summed E-state index contributed by atoms with van der Waals surface area (Å²) in [6.45, 7) is 0. The second-order valence-corrected chi connectivity index (χ2v) is 7.96. The molecule has 7 nitrogen and oxygen atoms in total. The van der Waals surface area contributed by atoms with Crippen molar-refractivity contribution in [2.75, 3.05) is 12.4 Å². The molecule has 1 heterocycles. The van der Waals surface area contributed by atoms with E-state index in [1.54, 1.807) is 13.2 Å². The van der Waals surface area contributed by atoms with E-state index in [0.29, 0.717) is 30.1 Å². The summed E-state index contributed by atoms with van der Waals surface area (Å²) in [4.78, 5) is 19.7. The zero-order valence-electron chi connectivity index (χ0n) is 17.4. The van der Waals surface area contributed by atoms with Crippen LogP contribution in [-0.4, -0.2) is 34.3 Å². The van der Waals surface area contributed by atoms with Crippen LogP contribution in [0.2, 0.25) is 5.15 Å². The maximum absolute atomic E-state index is 11.5. The molecule has 4 rings (SSSR count). The fourth-order valence-electron chi connectivity index (χ4n) is 3.67. The summed E-state index contributed by atoms with van der Waals surface area (Å²) in [5.41, 5.74) is 3.65. The number of allylic oxidation sites excluding steroid dienone is 1. The molecule has 1 aliphatic carbocycles. The molecule has 0 unspecified atom stereocenters. The molecule has 0 amide bonds. The van der Waals surface area contributed by atoms with Crippen molar-refractivity contribution in [3.63, 3.8) is 0 Å². The zero-order valence-corrected chi connectivity index (χ0v) is 18.1. The number of carboxylic acid groups (broad SMARTS) is 1. The van der Waals surface area contributed by atoms with Gasteiger partial charge in [0.15, 0.2) is 5.82 Å². The van der Waals surface area contributed by atoms with Gasteiger partial charge in [0.25, 0.3) is 0 Å². The fourth-order valence-corrected chi connectivity index (χ4v) is 3.82. The summed E-state index contributed by atoms with van der Waals surface area (Å²) < 4.78 is 0. The van der Waals surface area contributed by atoms with E-state index in [1.807, 2.05) is 48.5 Å². The second kappa shape index (κ2) is 8.80. The van der Waals surface area contributed by atoms with Gasteiger partial charge in [0, 0.05) is 18.8 Å². The van der Waals surface area contributed by atoms with Crippen molar-refractivity contribution in [1.82, 2.24) is 15.3 Å². The van der Waals surface area contributed by atoms with E-state index in [-0.39, 0.29) is 5.15 Å². The highest BCUT2D eigenvalue weighted by Gasteiger charge is 2.51. The van der Waals surface area contributed by atoms with Gasteiger partial charge >= 0.3 is 5.97 Å². The largest absolute Gasteiger partial charge is 0.481 e. The SMILES string of the molecule is CN/C(Nc1cncc(Cl)n1)=C(\C=N)c1ccc(-c2ccc(C3(C(=O)O)CC3)cc2)cc1. The van der Waals surface area contributed by atoms with Crippen LogP contribution in [-0.2, 0) is 10.2 Å². The van der Waals surface area contributed by atoms with Crippen LogP contribution < -0.4 is 10.6 Å². The van der Waals surface area contributed by atoms with Gasteiger partial charge in [0.05, 0.1) is 17.8 Å². The zero-order chi connectivity index (χ0) is 22.7. The van der Waals surface area contributed by atoms with Crippen LogP contribution in [0.5, 0.6) is 0 Å². The van der Waals surface area contributed by atoms with Gasteiger partial charge < -0.3 is 21.1 Å². The number of hydrogen-bond acceptors (Lipinski definition) is 6. The smallest absolute Gasteiger partial charge is 0.314 e. The summed E-state index contributed by atoms with van der Waals surface area (Å²) in [6, 6.07) is 15.6. The molecule has 4 N–H and O–H groups in total. The monoisotopic (exact) mass is 447 g/mol. The molecule has 1 aromatic heterocycles. The molecular weight excluding hydrogens is 426 g/mol. The molecule has 8 heteroatoms. The molecule has 1 saturated carbocycles. The number of carboxylic acids is 1. The molecule has 0 atom stereocenters. The van der Waals surface area contributed by atoms with Crippen LogP contribution in [0.15, 0.2) is 66.7 Å². The first-order chi connectivity index (χ1) is 15.5. The molecule has 0 radical (unpaired) electrons. The average Bonchev–Trinajstić information content (AvgIpc) is 3.62. The van der Waals surface area contributed by atoms with Gasteiger partial charge in [-0.25, -0.2) is 4.98 Å². The molecule has 1 aliphatic rings. The third-order valence-electron chi connectivity index (χ3n) is 5.65. The first kappa shape index (κ1) is 21.5. The molecule has 1 fully saturated rings. The predicted molar refractivity (Wildman–Crippen MR) is 126 cm³/mol. The number of anilines is 1. The normalized spacial score (nSPS) is 14.8. The Bertz CT molecular complexity index is 1190. The van der Waals surface area contributed by atoms with E-state index in [2.05, 4.69) is 20.6 Å². The average molecular weight is 448 g/mol. The highest BCUT2D eigenvalue weighted by Crippen LogP contribution is 2.48. The van der Waals surface area contributed by atoms with E-state index < -0.39 is 11.4 Å². The number of nitrogens with one attached hydrogen (secondary N) is 3. The van der Waals surface area contributed by atoms with E-state index >= 15 is 0 Å². The van der Waals surface area contributed by atoms with Crippen LogP contribution in [0.1, 0.15) is 24.0 Å². The summed E-state index contributed by atoms with van der Waals surface area (Å²) in [5, 5.41) is 23.8. The van der Waals surface area contributed by atoms with Crippen molar-refractivity contribution in [3.8, 4) is 11.1 Å². The summed E-state index contributed by atoms with van der Waals surface area (Å²) >= 11 is 5.91. The number of hydrogen-bond donors (Lipinski definition) is 4. The molecular formula is C24H22ClN5O2. The standard InChI is InChI=1S/C24H22ClN5O2/c1-27-22(30-21-14-28-13-20(25)29-21)19(12-26)17-4-2-15(3-5-17)16-6-8-18(9-7-16)24(10-11-24)23(31)32/h2-9,12-14,26-27H,10-11H2,1H3,(H,29,30)(H,31,32)/b22-19-,26-12?. The molecule has 3 aromatic rings. The van der Waals surface area contributed by atoms with Crippen molar-refractivity contribution in [3.05, 3.63) is 83.0 Å². The summed E-state index contributed by atoms with van der Waals surface area (Å²) in [7, 11) is 1.75. The number of aromatic nitrogens is 2. The van der Waals surface area contributed by atoms with Crippen molar-refractivity contribution in [2.45, 2.75) is 18.3 Å². The van der Waals surface area contributed by atoms with Gasteiger partial charge in [0.2, 0.25) is 0 Å². The maximum Gasteiger partial charge on any atom is 0.314 e. The van der Waals surface area contributed by atoms with Gasteiger partial charge in [0.1, 0.15) is 11.0 Å². The Hall–Kier alpha value is -3.71. The minimum Gasteiger partial charge on any atom is -0.481 e. The highest BCUT2D eigenvalue weighted by atomic mass is 35.5. The lowest BCUT2D eigenvalue weighted by Crippen LogP contribution is -2.19. The molecule has 0 spiro atoms. The number of benzene rings is 2. The Morgan fingerprint density at radius 3 is 2.22 bits per heavy atom. The van der Waals surface area contributed by atoms with Crippen LogP contribution >= 0.6 is 11.6 Å².